The van der Waals surface area contributed by atoms with Gasteiger partial charge in [0.05, 0.1) is 26.4 Å². The van der Waals surface area contributed by atoms with Crippen molar-refractivity contribution in [1.82, 2.24) is 15.1 Å². The van der Waals surface area contributed by atoms with Gasteiger partial charge < -0.3 is 19.7 Å². The minimum atomic E-state index is 0.503. The summed E-state index contributed by atoms with van der Waals surface area (Å²) in [4.78, 5) is 9.49. The summed E-state index contributed by atoms with van der Waals surface area (Å²) in [6.45, 7) is 12.8. The van der Waals surface area contributed by atoms with Crippen LogP contribution in [0, 0.1) is 11.8 Å². The van der Waals surface area contributed by atoms with Gasteiger partial charge in [-0.2, -0.15) is 0 Å². The van der Waals surface area contributed by atoms with Crippen LogP contribution in [0.3, 0.4) is 0 Å². The van der Waals surface area contributed by atoms with E-state index in [0.717, 1.165) is 64.9 Å². The Bertz CT molecular complexity index is 617. The van der Waals surface area contributed by atoms with E-state index in [1.165, 1.54) is 5.56 Å². The zero-order valence-corrected chi connectivity index (χ0v) is 18.3. The van der Waals surface area contributed by atoms with Crippen LogP contribution in [0.15, 0.2) is 35.3 Å². The van der Waals surface area contributed by atoms with Gasteiger partial charge in [0.2, 0.25) is 0 Å². The number of benzene rings is 1. The molecule has 162 valence electrons. The molecule has 29 heavy (non-hydrogen) atoms. The highest BCUT2D eigenvalue weighted by molar-refractivity contribution is 5.80. The highest BCUT2D eigenvalue weighted by Gasteiger charge is 2.27. The molecule has 1 aromatic carbocycles. The molecular formula is C23H38N4O2. The van der Waals surface area contributed by atoms with Crippen LogP contribution < -0.4 is 5.32 Å². The number of hydrogen-bond acceptors (Lipinski definition) is 4. The Morgan fingerprint density at radius 3 is 2.66 bits per heavy atom. The molecule has 0 spiro atoms. The van der Waals surface area contributed by atoms with E-state index in [0.29, 0.717) is 24.5 Å². The van der Waals surface area contributed by atoms with E-state index in [4.69, 9.17) is 9.47 Å². The zero-order chi connectivity index (χ0) is 20.5. The van der Waals surface area contributed by atoms with Crippen LogP contribution in [0.2, 0.25) is 0 Å². The Morgan fingerprint density at radius 2 is 1.97 bits per heavy atom. The number of likely N-dealkylation sites (tertiary alicyclic amines) is 1. The molecule has 0 radical (unpaired) electrons. The molecule has 0 amide bonds. The minimum Gasteiger partial charge on any atom is -0.379 e. The average molecular weight is 403 g/mol. The van der Waals surface area contributed by atoms with Gasteiger partial charge in [0.1, 0.15) is 0 Å². The maximum absolute atomic E-state index is 5.97. The van der Waals surface area contributed by atoms with Crippen molar-refractivity contribution in [1.29, 1.82) is 0 Å². The van der Waals surface area contributed by atoms with Gasteiger partial charge in [-0.25, -0.2) is 0 Å². The van der Waals surface area contributed by atoms with Gasteiger partial charge in [0, 0.05) is 51.7 Å². The van der Waals surface area contributed by atoms with Gasteiger partial charge >= 0.3 is 0 Å². The van der Waals surface area contributed by atoms with E-state index in [9.17, 15) is 0 Å². The molecule has 0 aliphatic carbocycles. The van der Waals surface area contributed by atoms with E-state index >= 15 is 0 Å². The van der Waals surface area contributed by atoms with Crippen molar-refractivity contribution in [3.05, 3.63) is 35.9 Å². The van der Waals surface area contributed by atoms with E-state index in [1.807, 2.05) is 13.1 Å². The third-order valence-electron chi connectivity index (χ3n) is 6.02. The molecule has 0 bridgehead atoms. The molecule has 6 nitrogen and oxygen atoms in total. The smallest absolute Gasteiger partial charge is 0.193 e. The maximum Gasteiger partial charge on any atom is 0.193 e. The summed E-state index contributed by atoms with van der Waals surface area (Å²) in [7, 11) is 1.89. The Kier molecular flexibility index (Phi) is 8.77. The SMILES string of the molecule is CN=C(NCC(C(C)C)N1CCOCC1)N1CCC(COCc2ccccc2)C1. The topological polar surface area (TPSA) is 49.3 Å². The molecular weight excluding hydrogens is 364 g/mol. The van der Waals surface area contributed by atoms with Crippen LogP contribution >= 0.6 is 0 Å². The van der Waals surface area contributed by atoms with Crippen molar-refractivity contribution < 1.29 is 9.47 Å². The second kappa shape index (κ2) is 11.5. The van der Waals surface area contributed by atoms with Gasteiger partial charge in [-0.1, -0.05) is 44.2 Å². The van der Waals surface area contributed by atoms with E-state index < -0.39 is 0 Å². The predicted octanol–water partition coefficient (Wildman–Crippen LogP) is 2.46. The van der Waals surface area contributed by atoms with Gasteiger partial charge in [-0.15, -0.1) is 0 Å². The monoisotopic (exact) mass is 402 g/mol. The number of morpholine rings is 1. The van der Waals surface area contributed by atoms with Crippen molar-refractivity contribution in [2.24, 2.45) is 16.8 Å². The van der Waals surface area contributed by atoms with E-state index in [-0.39, 0.29) is 0 Å². The normalized spacial score (nSPS) is 22.3. The number of rotatable bonds is 8. The summed E-state index contributed by atoms with van der Waals surface area (Å²) in [5, 5.41) is 3.65. The third kappa shape index (κ3) is 6.69. The van der Waals surface area contributed by atoms with Crippen LogP contribution in [0.25, 0.3) is 0 Å². The van der Waals surface area contributed by atoms with Crippen molar-refractivity contribution >= 4 is 5.96 Å². The fourth-order valence-corrected chi connectivity index (χ4v) is 4.30. The van der Waals surface area contributed by atoms with Crippen LogP contribution in [0.4, 0.5) is 0 Å². The molecule has 2 aliphatic heterocycles. The first-order valence-electron chi connectivity index (χ1n) is 11.1. The highest BCUT2D eigenvalue weighted by Crippen LogP contribution is 2.18. The van der Waals surface area contributed by atoms with Crippen LogP contribution in [-0.2, 0) is 16.1 Å². The quantitative estimate of drug-likeness (QED) is 0.535. The van der Waals surface area contributed by atoms with Crippen LogP contribution in [0.5, 0.6) is 0 Å². The summed E-state index contributed by atoms with van der Waals surface area (Å²) >= 11 is 0. The molecule has 2 heterocycles. The largest absolute Gasteiger partial charge is 0.379 e. The standard InChI is InChI=1S/C23H38N4O2/c1-19(2)22(26-11-13-28-14-12-26)15-25-23(24-3)27-10-9-21(16-27)18-29-17-20-7-5-4-6-8-20/h4-8,19,21-22H,9-18H2,1-3H3,(H,24,25). The van der Waals surface area contributed by atoms with Crippen molar-refractivity contribution in [3.63, 3.8) is 0 Å². The van der Waals surface area contributed by atoms with Crippen molar-refractivity contribution in [2.75, 3.05) is 59.6 Å². The molecule has 2 saturated heterocycles. The molecule has 2 atom stereocenters. The fraction of sp³-hybridized carbons (Fsp3) is 0.696. The number of hydrogen-bond donors (Lipinski definition) is 1. The van der Waals surface area contributed by atoms with Gasteiger partial charge in [0.15, 0.2) is 5.96 Å². The fourth-order valence-electron chi connectivity index (χ4n) is 4.30. The van der Waals surface area contributed by atoms with Crippen LogP contribution in [0.1, 0.15) is 25.8 Å². The Balaban J connectivity index is 1.42. The number of nitrogens with zero attached hydrogens (tertiary/aromatic N) is 3. The van der Waals surface area contributed by atoms with Crippen LogP contribution in [-0.4, -0.2) is 81.4 Å². The second-order valence-electron chi connectivity index (χ2n) is 8.49. The first kappa shape index (κ1) is 22.1. The molecule has 2 fully saturated rings. The number of nitrogens with one attached hydrogen (secondary N) is 1. The molecule has 2 aliphatic rings. The highest BCUT2D eigenvalue weighted by atomic mass is 16.5. The molecule has 0 saturated carbocycles. The number of guanidine groups is 1. The lowest BCUT2D eigenvalue weighted by Gasteiger charge is -2.37. The summed E-state index contributed by atoms with van der Waals surface area (Å²) in [5.74, 6) is 2.18. The van der Waals surface area contributed by atoms with Gasteiger partial charge in [-0.3, -0.25) is 9.89 Å². The molecule has 3 rings (SSSR count). The molecule has 1 aromatic rings. The Hall–Kier alpha value is -1.63. The molecule has 0 aromatic heterocycles. The zero-order valence-electron chi connectivity index (χ0n) is 18.3. The lowest BCUT2D eigenvalue weighted by atomic mass is 10.0. The summed E-state index contributed by atoms with van der Waals surface area (Å²) in [5.41, 5.74) is 1.24. The lowest BCUT2D eigenvalue weighted by Crippen LogP contribution is -2.53. The lowest BCUT2D eigenvalue weighted by molar-refractivity contribution is 0.00741. The average Bonchev–Trinajstić information content (AvgIpc) is 3.21. The number of ether oxygens (including phenoxy) is 2. The molecule has 6 heteroatoms. The second-order valence-corrected chi connectivity index (χ2v) is 8.49. The van der Waals surface area contributed by atoms with Gasteiger partial charge in [-0.05, 0) is 17.9 Å². The summed E-state index contributed by atoms with van der Waals surface area (Å²) < 4.78 is 11.5. The summed E-state index contributed by atoms with van der Waals surface area (Å²) in [6, 6.07) is 10.9. The Morgan fingerprint density at radius 1 is 1.21 bits per heavy atom. The van der Waals surface area contributed by atoms with E-state index in [2.05, 4.69) is 58.2 Å². The molecule has 2 unspecified atom stereocenters. The number of aliphatic imine (C=N–C) groups is 1. The first-order valence-corrected chi connectivity index (χ1v) is 11.1. The van der Waals surface area contributed by atoms with Crippen molar-refractivity contribution in [2.45, 2.75) is 32.9 Å². The van der Waals surface area contributed by atoms with E-state index in [1.54, 1.807) is 0 Å². The van der Waals surface area contributed by atoms with Crippen molar-refractivity contribution in [3.8, 4) is 0 Å². The maximum atomic E-state index is 5.97. The Labute approximate surface area is 176 Å². The predicted molar refractivity (Wildman–Crippen MR) is 118 cm³/mol. The first-order chi connectivity index (χ1) is 14.2. The van der Waals surface area contributed by atoms with Gasteiger partial charge in [0.25, 0.3) is 0 Å². The molecule has 1 N–H and O–H groups in total. The summed E-state index contributed by atoms with van der Waals surface area (Å²) in [6.07, 6.45) is 1.16. The minimum absolute atomic E-state index is 0.503. The third-order valence-corrected chi connectivity index (χ3v) is 6.02.